The molecule has 0 saturated heterocycles. The fourth-order valence-corrected chi connectivity index (χ4v) is 2.08. The second-order valence-electron chi connectivity index (χ2n) is 4.91. The van der Waals surface area contributed by atoms with Gasteiger partial charge in [-0.05, 0) is 26.0 Å². The van der Waals surface area contributed by atoms with Gasteiger partial charge in [0, 0.05) is 42.7 Å². The van der Waals surface area contributed by atoms with Gasteiger partial charge in [0.2, 0.25) is 0 Å². The molecule has 18 heavy (non-hydrogen) atoms. The number of hydrogen-bond donors (Lipinski definition) is 1. The standard InChI is InChI=1S/C14H19N3O/c1-10(2)17-8-7-16-14(17)13(18)9-11(3)12-5-4-6-15-12/h4-8,10-11,15H,9H2,1-3H3/t11-/m1/s1. The molecule has 0 amide bonds. The minimum absolute atomic E-state index is 0.0933. The van der Waals surface area contributed by atoms with E-state index in [9.17, 15) is 4.79 Å². The molecule has 0 bridgehead atoms. The number of hydrogen-bond acceptors (Lipinski definition) is 2. The monoisotopic (exact) mass is 245 g/mol. The van der Waals surface area contributed by atoms with Gasteiger partial charge in [0.25, 0.3) is 0 Å². The predicted octanol–water partition coefficient (Wildman–Crippen LogP) is 3.17. The molecule has 1 N–H and O–H groups in total. The third-order valence-electron chi connectivity index (χ3n) is 3.12. The number of rotatable bonds is 5. The molecular formula is C14H19N3O. The zero-order chi connectivity index (χ0) is 13.1. The number of ketones is 1. The predicted molar refractivity (Wildman–Crippen MR) is 70.8 cm³/mol. The van der Waals surface area contributed by atoms with Gasteiger partial charge in [-0.25, -0.2) is 4.98 Å². The van der Waals surface area contributed by atoms with E-state index < -0.39 is 0 Å². The maximum atomic E-state index is 12.2. The van der Waals surface area contributed by atoms with Crippen molar-refractivity contribution in [3.63, 3.8) is 0 Å². The van der Waals surface area contributed by atoms with Crippen molar-refractivity contribution < 1.29 is 4.79 Å². The van der Waals surface area contributed by atoms with Crippen LogP contribution >= 0.6 is 0 Å². The summed E-state index contributed by atoms with van der Waals surface area (Å²) in [5, 5.41) is 0. The first-order chi connectivity index (χ1) is 8.59. The Morgan fingerprint density at radius 3 is 2.83 bits per heavy atom. The highest BCUT2D eigenvalue weighted by Crippen LogP contribution is 2.20. The normalized spacial score (nSPS) is 12.9. The van der Waals surface area contributed by atoms with E-state index in [4.69, 9.17) is 0 Å². The molecule has 0 unspecified atom stereocenters. The molecule has 0 aliphatic carbocycles. The zero-order valence-corrected chi connectivity index (χ0v) is 11.1. The number of nitrogens with zero attached hydrogens (tertiary/aromatic N) is 2. The van der Waals surface area contributed by atoms with Gasteiger partial charge >= 0.3 is 0 Å². The number of Topliss-reactive ketones (excluding diaryl/α,β-unsaturated/α-hetero) is 1. The summed E-state index contributed by atoms with van der Waals surface area (Å²) in [6, 6.07) is 4.21. The molecule has 2 aromatic rings. The topological polar surface area (TPSA) is 50.7 Å². The molecule has 2 rings (SSSR count). The lowest BCUT2D eigenvalue weighted by atomic mass is 10.0. The molecule has 0 saturated carbocycles. The molecule has 2 heterocycles. The van der Waals surface area contributed by atoms with E-state index in [1.807, 2.05) is 49.9 Å². The smallest absolute Gasteiger partial charge is 0.198 e. The van der Waals surface area contributed by atoms with Crippen molar-refractivity contribution in [1.82, 2.24) is 14.5 Å². The van der Waals surface area contributed by atoms with Crippen molar-refractivity contribution in [3.8, 4) is 0 Å². The van der Waals surface area contributed by atoms with Gasteiger partial charge in [-0.2, -0.15) is 0 Å². The molecule has 4 nitrogen and oxygen atoms in total. The molecular weight excluding hydrogens is 226 g/mol. The van der Waals surface area contributed by atoms with E-state index in [2.05, 4.69) is 9.97 Å². The quantitative estimate of drug-likeness (QED) is 0.822. The van der Waals surface area contributed by atoms with Gasteiger partial charge in [-0.3, -0.25) is 4.79 Å². The van der Waals surface area contributed by atoms with E-state index in [0.29, 0.717) is 12.2 Å². The molecule has 4 heteroatoms. The summed E-state index contributed by atoms with van der Waals surface area (Å²) in [5.74, 6) is 0.837. The lowest BCUT2D eigenvalue weighted by Crippen LogP contribution is -2.14. The van der Waals surface area contributed by atoms with Crippen LogP contribution in [0.2, 0.25) is 0 Å². The summed E-state index contributed by atoms with van der Waals surface area (Å²) in [4.78, 5) is 19.6. The van der Waals surface area contributed by atoms with Gasteiger partial charge < -0.3 is 9.55 Å². The summed E-state index contributed by atoms with van der Waals surface area (Å²) < 4.78 is 1.92. The molecule has 96 valence electrons. The summed E-state index contributed by atoms with van der Waals surface area (Å²) in [6.07, 6.45) is 5.90. The first kappa shape index (κ1) is 12.6. The Bertz CT molecular complexity index is 511. The number of imidazole rings is 1. The fourth-order valence-electron chi connectivity index (χ4n) is 2.08. The number of nitrogens with one attached hydrogen (secondary N) is 1. The van der Waals surface area contributed by atoms with Crippen LogP contribution in [0.25, 0.3) is 0 Å². The summed E-state index contributed by atoms with van der Waals surface area (Å²) in [6.45, 7) is 6.14. The Kier molecular flexibility index (Phi) is 3.65. The first-order valence-corrected chi connectivity index (χ1v) is 6.29. The highest BCUT2D eigenvalue weighted by molar-refractivity contribution is 5.93. The van der Waals surface area contributed by atoms with Crippen LogP contribution in [0.15, 0.2) is 30.7 Å². The van der Waals surface area contributed by atoms with Crippen molar-refractivity contribution in [2.24, 2.45) is 0 Å². The lowest BCUT2D eigenvalue weighted by molar-refractivity contribution is 0.0959. The minimum Gasteiger partial charge on any atom is -0.365 e. The van der Waals surface area contributed by atoms with Crippen molar-refractivity contribution in [3.05, 3.63) is 42.2 Å². The third kappa shape index (κ3) is 2.53. The molecule has 0 aliphatic rings. The Balaban J connectivity index is 2.10. The van der Waals surface area contributed by atoms with Crippen LogP contribution in [0.3, 0.4) is 0 Å². The van der Waals surface area contributed by atoms with Crippen molar-refractivity contribution in [1.29, 1.82) is 0 Å². The Morgan fingerprint density at radius 2 is 2.22 bits per heavy atom. The zero-order valence-electron chi connectivity index (χ0n) is 11.1. The largest absolute Gasteiger partial charge is 0.365 e. The van der Waals surface area contributed by atoms with E-state index in [1.165, 1.54) is 0 Å². The van der Waals surface area contributed by atoms with E-state index in [1.54, 1.807) is 6.20 Å². The second-order valence-corrected chi connectivity index (χ2v) is 4.91. The van der Waals surface area contributed by atoms with E-state index >= 15 is 0 Å². The van der Waals surface area contributed by atoms with Crippen LogP contribution in [-0.4, -0.2) is 20.3 Å². The summed E-state index contributed by atoms with van der Waals surface area (Å²) >= 11 is 0. The molecule has 0 spiro atoms. The third-order valence-corrected chi connectivity index (χ3v) is 3.12. The van der Waals surface area contributed by atoms with Crippen LogP contribution in [-0.2, 0) is 0 Å². The van der Waals surface area contributed by atoms with Gasteiger partial charge in [-0.1, -0.05) is 6.92 Å². The number of carbonyl (C=O) groups is 1. The second kappa shape index (κ2) is 5.21. The van der Waals surface area contributed by atoms with Crippen LogP contribution in [0.5, 0.6) is 0 Å². The van der Waals surface area contributed by atoms with Crippen molar-refractivity contribution in [2.45, 2.75) is 39.2 Å². The number of aromatic amines is 1. The van der Waals surface area contributed by atoms with Crippen LogP contribution in [0, 0.1) is 0 Å². The lowest BCUT2D eigenvalue weighted by Gasteiger charge is -2.12. The number of carbonyl (C=O) groups excluding carboxylic acids is 1. The maximum Gasteiger partial charge on any atom is 0.198 e. The average molecular weight is 245 g/mol. The minimum atomic E-state index is 0.0933. The Hall–Kier alpha value is -1.84. The summed E-state index contributed by atoms with van der Waals surface area (Å²) in [5.41, 5.74) is 1.09. The molecule has 0 aliphatic heterocycles. The van der Waals surface area contributed by atoms with Gasteiger partial charge in [0.1, 0.15) is 0 Å². The molecule has 0 radical (unpaired) electrons. The Morgan fingerprint density at radius 1 is 1.44 bits per heavy atom. The van der Waals surface area contributed by atoms with E-state index in [-0.39, 0.29) is 17.7 Å². The maximum absolute atomic E-state index is 12.2. The van der Waals surface area contributed by atoms with Crippen LogP contribution in [0.4, 0.5) is 0 Å². The van der Waals surface area contributed by atoms with Crippen LogP contribution < -0.4 is 0 Å². The first-order valence-electron chi connectivity index (χ1n) is 6.29. The molecule has 0 fully saturated rings. The fraction of sp³-hybridized carbons (Fsp3) is 0.429. The van der Waals surface area contributed by atoms with Gasteiger partial charge in [0.15, 0.2) is 11.6 Å². The van der Waals surface area contributed by atoms with Crippen LogP contribution in [0.1, 0.15) is 55.5 Å². The van der Waals surface area contributed by atoms with Gasteiger partial charge in [-0.15, -0.1) is 0 Å². The Labute approximate surface area is 107 Å². The summed E-state index contributed by atoms with van der Waals surface area (Å²) in [7, 11) is 0. The number of H-pyrrole nitrogens is 1. The van der Waals surface area contributed by atoms with Gasteiger partial charge in [0.05, 0.1) is 0 Å². The van der Waals surface area contributed by atoms with Crippen molar-refractivity contribution in [2.75, 3.05) is 0 Å². The average Bonchev–Trinajstić information content (AvgIpc) is 3.00. The highest BCUT2D eigenvalue weighted by Gasteiger charge is 2.18. The molecule has 1 atom stereocenters. The molecule has 2 aromatic heterocycles. The van der Waals surface area contributed by atoms with E-state index in [0.717, 1.165) is 5.69 Å². The molecule has 0 aromatic carbocycles. The van der Waals surface area contributed by atoms with Crippen molar-refractivity contribution >= 4 is 5.78 Å². The SMILES string of the molecule is CC(C)n1ccnc1C(=O)C[C@@H](C)c1ccc[nH]1. The highest BCUT2D eigenvalue weighted by atomic mass is 16.1. The number of aromatic nitrogens is 3.